The number of fused-ring (bicyclic) bond motifs is 1. The van der Waals surface area contributed by atoms with Crippen molar-refractivity contribution in [3.05, 3.63) is 36.4 Å². The highest BCUT2D eigenvalue weighted by atomic mass is 32.2. The molecular weight excluding hydrogens is 324 g/mol. The van der Waals surface area contributed by atoms with Crippen LogP contribution in [0.25, 0.3) is 11.0 Å². The lowest BCUT2D eigenvalue weighted by molar-refractivity contribution is 0.0722. The molecule has 0 bridgehead atoms. The minimum Gasteiger partial charge on any atom is -0.383 e. The van der Waals surface area contributed by atoms with E-state index in [9.17, 15) is 8.78 Å². The van der Waals surface area contributed by atoms with Gasteiger partial charge < -0.3 is 9.30 Å². The molecule has 9 heteroatoms. The largest absolute Gasteiger partial charge is 0.383 e. The van der Waals surface area contributed by atoms with Gasteiger partial charge in [0.1, 0.15) is 12.2 Å². The lowest BCUT2D eigenvalue weighted by atomic mass is 10.3. The number of rotatable bonds is 7. The maximum atomic E-state index is 13.4. The van der Waals surface area contributed by atoms with Gasteiger partial charge in [-0.1, -0.05) is 23.9 Å². The van der Waals surface area contributed by atoms with Crippen LogP contribution in [0, 0.1) is 0 Å². The number of halogens is 2. The Labute approximate surface area is 135 Å². The second-order valence-electron chi connectivity index (χ2n) is 4.75. The van der Waals surface area contributed by atoms with Crippen molar-refractivity contribution < 1.29 is 13.5 Å². The van der Waals surface area contributed by atoms with E-state index in [-0.39, 0.29) is 5.75 Å². The highest BCUT2D eigenvalue weighted by molar-refractivity contribution is 7.98. The summed E-state index contributed by atoms with van der Waals surface area (Å²) in [6, 6.07) is 6.87. The van der Waals surface area contributed by atoms with Crippen LogP contribution in [-0.2, 0) is 17.0 Å². The first-order chi connectivity index (χ1) is 11.2. The molecule has 0 unspecified atom stereocenters. The zero-order valence-electron chi connectivity index (χ0n) is 12.4. The summed E-state index contributed by atoms with van der Waals surface area (Å²) in [5, 5.41) is 8.51. The molecule has 0 aliphatic heterocycles. The number of thioether (sulfide) groups is 1. The van der Waals surface area contributed by atoms with E-state index in [4.69, 9.17) is 4.74 Å². The number of methoxy groups -OCH3 is 1. The molecule has 23 heavy (non-hydrogen) atoms. The van der Waals surface area contributed by atoms with Crippen molar-refractivity contribution in [2.24, 2.45) is 0 Å². The second kappa shape index (κ2) is 7.05. The van der Waals surface area contributed by atoms with Gasteiger partial charge in [0.2, 0.25) is 0 Å². The number of nitrogens with zero attached hydrogens (tertiary/aromatic N) is 5. The summed E-state index contributed by atoms with van der Waals surface area (Å²) >= 11 is 1.32. The van der Waals surface area contributed by atoms with Crippen molar-refractivity contribution in [2.45, 2.75) is 24.0 Å². The molecular formula is C14H15F2N5OS. The third-order valence-electron chi connectivity index (χ3n) is 3.31. The maximum Gasteiger partial charge on any atom is 0.320 e. The fraction of sp³-hybridized carbons (Fsp3) is 0.357. The Hall–Kier alpha value is -2.00. The predicted molar refractivity (Wildman–Crippen MR) is 82.4 cm³/mol. The van der Waals surface area contributed by atoms with Gasteiger partial charge in [0, 0.05) is 13.7 Å². The van der Waals surface area contributed by atoms with Crippen molar-refractivity contribution in [3.63, 3.8) is 0 Å². The van der Waals surface area contributed by atoms with Gasteiger partial charge in [0.15, 0.2) is 5.16 Å². The summed E-state index contributed by atoms with van der Waals surface area (Å²) < 4.78 is 34.5. The third-order valence-corrected chi connectivity index (χ3v) is 4.29. The summed E-state index contributed by atoms with van der Waals surface area (Å²) in [7, 11) is 1.61. The molecule has 122 valence electrons. The van der Waals surface area contributed by atoms with Crippen LogP contribution in [0.15, 0.2) is 35.7 Å². The van der Waals surface area contributed by atoms with E-state index in [1.54, 1.807) is 37.7 Å². The second-order valence-corrected chi connectivity index (χ2v) is 5.70. The quantitative estimate of drug-likeness (QED) is 0.620. The van der Waals surface area contributed by atoms with E-state index in [2.05, 4.69) is 15.2 Å². The van der Waals surface area contributed by atoms with Gasteiger partial charge in [-0.25, -0.2) is 4.98 Å². The molecule has 0 radical (unpaired) electrons. The van der Waals surface area contributed by atoms with Gasteiger partial charge in [-0.15, -0.1) is 10.2 Å². The van der Waals surface area contributed by atoms with E-state index in [0.29, 0.717) is 35.2 Å². The van der Waals surface area contributed by atoms with Gasteiger partial charge in [-0.2, -0.15) is 8.78 Å². The van der Waals surface area contributed by atoms with E-state index in [1.807, 2.05) is 4.57 Å². The Morgan fingerprint density at radius 2 is 2.13 bits per heavy atom. The topological polar surface area (TPSA) is 57.8 Å². The molecule has 0 aliphatic carbocycles. The van der Waals surface area contributed by atoms with Gasteiger partial charge in [-0.3, -0.25) is 4.57 Å². The SMILES string of the molecule is COCCn1cnnc1SCc1nc2ccccc2n1C(F)F. The molecule has 0 saturated carbocycles. The van der Waals surface area contributed by atoms with Crippen LogP contribution in [0.1, 0.15) is 12.4 Å². The first-order valence-electron chi connectivity index (χ1n) is 6.94. The third kappa shape index (κ3) is 3.35. The Kier molecular flexibility index (Phi) is 4.87. The molecule has 3 rings (SSSR count). The average Bonchev–Trinajstić information content (AvgIpc) is 3.14. The summed E-state index contributed by atoms with van der Waals surface area (Å²) in [6.45, 7) is -1.50. The molecule has 3 aromatic rings. The average molecular weight is 339 g/mol. The van der Waals surface area contributed by atoms with E-state index < -0.39 is 6.55 Å². The van der Waals surface area contributed by atoms with E-state index in [0.717, 1.165) is 4.57 Å². The number of hydrogen-bond donors (Lipinski definition) is 0. The molecule has 2 heterocycles. The molecule has 1 aromatic carbocycles. The van der Waals surface area contributed by atoms with E-state index in [1.165, 1.54) is 11.8 Å². The Morgan fingerprint density at radius 3 is 2.91 bits per heavy atom. The van der Waals surface area contributed by atoms with Crippen LogP contribution in [0.5, 0.6) is 0 Å². The minimum absolute atomic E-state index is 0.282. The molecule has 0 atom stereocenters. The first-order valence-corrected chi connectivity index (χ1v) is 7.93. The molecule has 0 N–H and O–H groups in total. The van der Waals surface area contributed by atoms with Crippen molar-refractivity contribution in [2.75, 3.05) is 13.7 Å². The highest BCUT2D eigenvalue weighted by Crippen LogP contribution is 2.27. The van der Waals surface area contributed by atoms with Crippen molar-refractivity contribution in [1.29, 1.82) is 0 Å². The van der Waals surface area contributed by atoms with Crippen LogP contribution in [0.4, 0.5) is 8.78 Å². The number of alkyl halides is 2. The van der Waals surface area contributed by atoms with E-state index >= 15 is 0 Å². The standard InChI is InChI=1S/C14H15F2N5OS/c1-22-7-6-20-9-17-19-14(20)23-8-12-18-10-4-2-3-5-11(10)21(12)13(15)16/h2-5,9,13H,6-8H2,1H3. The van der Waals surface area contributed by atoms with Crippen LogP contribution in [0.2, 0.25) is 0 Å². The summed E-state index contributed by atoms with van der Waals surface area (Å²) in [6.07, 6.45) is 1.59. The zero-order valence-corrected chi connectivity index (χ0v) is 13.2. The Morgan fingerprint density at radius 1 is 1.30 bits per heavy atom. The molecule has 0 amide bonds. The van der Waals surface area contributed by atoms with Crippen LogP contribution in [0.3, 0.4) is 0 Å². The smallest absolute Gasteiger partial charge is 0.320 e. The Balaban J connectivity index is 1.82. The fourth-order valence-corrected chi connectivity index (χ4v) is 3.11. The van der Waals surface area contributed by atoms with Crippen molar-refractivity contribution >= 4 is 22.8 Å². The normalized spacial score (nSPS) is 11.7. The van der Waals surface area contributed by atoms with Crippen molar-refractivity contribution in [3.8, 4) is 0 Å². The summed E-state index contributed by atoms with van der Waals surface area (Å²) in [5.74, 6) is 0.595. The first kappa shape index (κ1) is 15.9. The fourth-order valence-electron chi connectivity index (χ4n) is 2.24. The summed E-state index contributed by atoms with van der Waals surface area (Å²) in [4.78, 5) is 4.31. The molecule has 0 spiro atoms. The number of benzene rings is 1. The Bertz CT molecular complexity index is 788. The monoisotopic (exact) mass is 339 g/mol. The number of para-hydroxylation sites is 2. The molecule has 0 aliphatic rings. The van der Waals surface area contributed by atoms with Crippen LogP contribution in [-0.4, -0.2) is 38.0 Å². The minimum atomic E-state index is -2.63. The summed E-state index contributed by atoms with van der Waals surface area (Å²) in [5.41, 5.74) is 0.989. The van der Waals surface area contributed by atoms with Gasteiger partial charge in [0.25, 0.3) is 0 Å². The number of ether oxygens (including phenoxy) is 1. The van der Waals surface area contributed by atoms with Crippen molar-refractivity contribution in [1.82, 2.24) is 24.3 Å². The predicted octanol–water partition coefficient (Wildman–Crippen LogP) is 2.96. The number of aromatic nitrogens is 5. The van der Waals surface area contributed by atoms with Gasteiger partial charge >= 0.3 is 6.55 Å². The van der Waals surface area contributed by atoms with Gasteiger partial charge in [0.05, 0.1) is 23.4 Å². The number of imidazole rings is 1. The van der Waals surface area contributed by atoms with Crippen LogP contribution >= 0.6 is 11.8 Å². The zero-order chi connectivity index (χ0) is 16.2. The lowest BCUT2D eigenvalue weighted by Crippen LogP contribution is -2.06. The molecule has 0 saturated heterocycles. The maximum absolute atomic E-state index is 13.4. The van der Waals surface area contributed by atoms with Crippen LogP contribution < -0.4 is 0 Å². The number of hydrogen-bond acceptors (Lipinski definition) is 5. The highest BCUT2D eigenvalue weighted by Gasteiger charge is 2.18. The lowest BCUT2D eigenvalue weighted by Gasteiger charge is -2.08. The molecule has 2 aromatic heterocycles. The van der Waals surface area contributed by atoms with Gasteiger partial charge in [-0.05, 0) is 12.1 Å². The molecule has 0 fully saturated rings. The molecule has 6 nitrogen and oxygen atoms in total.